The van der Waals surface area contributed by atoms with Crippen LogP contribution in [0.5, 0.6) is 0 Å². The van der Waals surface area contributed by atoms with Crippen LogP contribution in [0.1, 0.15) is 43.9 Å². The maximum Gasteiger partial charge on any atom is 0.391 e. The average molecular weight is 301 g/mol. The Kier molecular flexibility index (Phi) is 5.25. The van der Waals surface area contributed by atoms with Gasteiger partial charge in [0.25, 0.3) is 0 Å². The second-order valence-corrected chi connectivity index (χ2v) is 5.94. The lowest BCUT2D eigenvalue weighted by atomic mass is 9.78. The lowest BCUT2D eigenvalue weighted by Crippen LogP contribution is -2.32. The van der Waals surface area contributed by atoms with Gasteiger partial charge in [-0.2, -0.15) is 13.2 Å². The Hall–Kier alpha value is -1.10. The molecule has 1 fully saturated rings. The number of aliphatic hydroxyl groups excluding tert-OH is 1. The van der Waals surface area contributed by atoms with E-state index in [1.165, 1.54) is 0 Å². The third kappa shape index (κ3) is 4.43. The molecule has 1 aromatic heterocycles. The molecule has 1 heterocycles. The van der Waals surface area contributed by atoms with Crippen molar-refractivity contribution in [3.8, 4) is 0 Å². The van der Waals surface area contributed by atoms with Crippen molar-refractivity contribution >= 4 is 0 Å². The standard InChI is InChI=1S/C16H22F3NO/c1-2-11-3-8-14(20-10-11)9-15(21)12-4-6-13(7-5-12)16(17,18)19/h3,8,10,12-13,15,21H,2,4-7,9H2,1H3. The highest BCUT2D eigenvalue weighted by Gasteiger charge is 2.42. The molecular formula is C16H22F3NO. The predicted octanol–water partition coefficient (Wildman–Crippen LogP) is 3.92. The summed E-state index contributed by atoms with van der Waals surface area (Å²) in [6.45, 7) is 2.05. The van der Waals surface area contributed by atoms with Crippen molar-refractivity contribution in [2.24, 2.45) is 11.8 Å². The second-order valence-electron chi connectivity index (χ2n) is 5.94. The molecule has 0 spiro atoms. The van der Waals surface area contributed by atoms with E-state index in [4.69, 9.17) is 0 Å². The van der Waals surface area contributed by atoms with Gasteiger partial charge in [0.05, 0.1) is 12.0 Å². The third-order valence-corrected chi connectivity index (χ3v) is 4.49. The Morgan fingerprint density at radius 1 is 1.24 bits per heavy atom. The SMILES string of the molecule is CCc1ccc(CC(O)C2CCC(C(F)(F)F)CC2)nc1. The number of aryl methyl sites for hydroxylation is 1. The van der Waals surface area contributed by atoms with Crippen molar-refractivity contribution < 1.29 is 18.3 Å². The molecule has 21 heavy (non-hydrogen) atoms. The minimum Gasteiger partial charge on any atom is -0.392 e. The van der Waals surface area contributed by atoms with Crippen LogP contribution >= 0.6 is 0 Å². The van der Waals surface area contributed by atoms with E-state index in [0.29, 0.717) is 19.3 Å². The molecule has 1 aromatic rings. The smallest absolute Gasteiger partial charge is 0.391 e. The zero-order valence-corrected chi connectivity index (χ0v) is 12.2. The van der Waals surface area contributed by atoms with Crippen molar-refractivity contribution in [3.05, 3.63) is 29.6 Å². The summed E-state index contributed by atoms with van der Waals surface area (Å²) in [7, 11) is 0. The van der Waals surface area contributed by atoms with E-state index in [2.05, 4.69) is 4.98 Å². The Labute approximate surface area is 123 Å². The van der Waals surface area contributed by atoms with Crippen molar-refractivity contribution in [1.29, 1.82) is 0 Å². The van der Waals surface area contributed by atoms with Gasteiger partial charge in [-0.3, -0.25) is 4.98 Å². The van der Waals surface area contributed by atoms with Gasteiger partial charge in [-0.05, 0) is 49.7 Å². The maximum atomic E-state index is 12.6. The van der Waals surface area contributed by atoms with Crippen molar-refractivity contribution in [1.82, 2.24) is 4.98 Å². The lowest BCUT2D eigenvalue weighted by Gasteiger charge is -2.32. The first kappa shape index (κ1) is 16.3. The van der Waals surface area contributed by atoms with Gasteiger partial charge in [0.2, 0.25) is 0 Å². The predicted molar refractivity (Wildman–Crippen MR) is 74.8 cm³/mol. The van der Waals surface area contributed by atoms with Crippen LogP contribution in [0, 0.1) is 11.8 Å². The minimum atomic E-state index is -4.09. The number of hydrogen-bond donors (Lipinski definition) is 1. The first-order chi connectivity index (χ1) is 9.90. The van der Waals surface area contributed by atoms with Crippen LogP contribution in [0.2, 0.25) is 0 Å². The minimum absolute atomic E-state index is 0.0451. The summed E-state index contributed by atoms with van der Waals surface area (Å²) in [5.74, 6) is -1.24. The molecule has 2 rings (SSSR count). The monoisotopic (exact) mass is 301 g/mol. The van der Waals surface area contributed by atoms with E-state index in [9.17, 15) is 18.3 Å². The molecule has 1 atom stereocenters. The van der Waals surface area contributed by atoms with Crippen LogP contribution in [0.15, 0.2) is 18.3 Å². The van der Waals surface area contributed by atoms with Crippen molar-refractivity contribution in [2.75, 3.05) is 0 Å². The zero-order valence-electron chi connectivity index (χ0n) is 12.2. The van der Waals surface area contributed by atoms with Crippen LogP contribution in [0.3, 0.4) is 0 Å². The van der Waals surface area contributed by atoms with Crippen molar-refractivity contribution in [3.63, 3.8) is 0 Å². The van der Waals surface area contributed by atoms with Gasteiger partial charge in [0, 0.05) is 18.3 Å². The number of halogens is 3. The van der Waals surface area contributed by atoms with E-state index in [1.54, 1.807) is 6.20 Å². The summed E-state index contributed by atoms with van der Waals surface area (Å²) >= 11 is 0. The molecule has 1 N–H and O–H groups in total. The van der Waals surface area contributed by atoms with E-state index in [-0.39, 0.29) is 18.8 Å². The largest absolute Gasteiger partial charge is 0.392 e. The molecule has 1 saturated carbocycles. The summed E-state index contributed by atoms with van der Waals surface area (Å²) < 4.78 is 37.8. The molecule has 0 bridgehead atoms. The van der Waals surface area contributed by atoms with E-state index in [0.717, 1.165) is 17.7 Å². The number of alkyl halides is 3. The number of aliphatic hydroxyl groups is 1. The summed E-state index contributed by atoms with van der Waals surface area (Å²) in [5, 5.41) is 10.2. The molecule has 0 saturated heterocycles. The molecule has 0 aliphatic heterocycles. The van der Waals surface area contributed by atoms with E-state index in [1.807, 2.05) is 19.1 Å². The Balaban J connectivity index is 1.85. The maximum absolute atomic E-state index is 12.6. The summed E-state index contributed by atoms with van der Waals surface area (Å²) in [5.41, 5.74) is 1.94. The molecule has 0 aromatic carbocycles. The number of aromatic nitrogens is 1. The fourth-order valence-electron chi connectivity index (χ4n) is 3.00. The molecule has 2 nitrogen and oxygen atoms in total. The van der Waals surface area contributed by atoms with Gasteiger partial charge < -0.3 is 5.11 Å². The van der Waals surface area contributed by atoms with E-state index >= 15 is 0 Å². The first-order valence-electron chi connectivity index (χ1n) is 7.58. The number of pyridine rings is 1. The number of hydrogen-bond acceptors (Lipinski definition) is 2. The first-order valence-corrected chi connectivity index (χ1v) is 7.58. The van der Waals surface area contributed by atoms with Gasteiger partial charge in [-0.1, -0.05) is 13.0 Å². The van der Waals surface area contributed by atoms with Gasteiger partial charge in [-0.15, -0.1) is 0 Å². The highest BCUT2D eigenvalue weighted by Crippen LogP contribution is 2.40. The third-order valence-electron chi connectivity index (χ3n) is 4.49. The van der Waals surface area contributed by atoms with Gasteiger partial charge in [0.15, 0.2) is 0 Å². The summed E-state index contributed by atoms with van der Waals surface area (Å²) in [6, 6.07) is 3.87. The quantitative estimate of drug-likeness (QED) is 0.914. The van der Waals surface area contributed by atoms with Crippen LogP contribution in [-0.2, 0) is 12.8 Å². The average Bonchev–Trinajstić information content (AvgIpc) is 2.47. The van der Waals surface area contributed by atoms with Crippen LogP contribution < -0.4 is 0 Å². The Morgan fingerprint density at radius 3 is 2.38 bits per heavy atom. The number of nitrogens with zero attached hydrogens (tertiary/aromatic N) is 1. The fourth-order valence-corrected chi connectivity index (χ4v) is 3.00. The van der Waals surface area contributed by atoms with Crippen molar-refractivity contribution in [2.45, 2.75) is 57.7 Å². The summed E-state index contributed by atoms with van der Waals surface area (Å²) in [6.07, 6.45) is -0.407. The lowest BCUT2D eigenvalue weighted by molar-refractivity contribution is -0.185. The molecule has 0 amide bonds. The second kappa shape index (κ2) is 6.77. The highest BCUT2D eigenvalue weighted by atomic mass is 19.4. The van der Waals surface area contributed by atoms with Crippen LogP contribution in [0.4, 0.5) is 13.2 Å². The molecule has 1 aliphatic carbocycles. The fraction of sp³-hybridized carbons (Fsp3) is 0.688. The molecule has 5 heteroatoms. The highest BCUT2D eigenvalue weighted by molar-refractivity contribution is 5.14. The summed E-state index contributed by atoms with van der Waals surface area (Å²) in [4.78, 5) is 4.30. The molecule has 0 radical (unpaired) electrons. The van der Waals surface area contributed by atoms with Gasteiger partial charge >= 0.3 is 6.18 Å². The number of rotatable bonds is 4. The molecular weight excluding hydrogens is 279 g/mol. The Morgan fingerprint density at radius 2 is 1.90 bits per heavy atom. The normalized spacial score (nSPS) is 24.8. The van der Waals surface area contributed by atoms with Gasteiger partial charge in [0.1, 0.15) is 0 Å². The molecule has 118 valence electrons. The topological polar surface area (TPSA) is 33.1 Å². The van der Waals surface area contributed by atoms with Crippen LogP contribution in [-0.4, -0.2) is 22.4 Å². The molecule has 1 unspecified atom stereocenters. The van der Waals surface area contributed by atoms with E-state index < -0.39 is 18.2 Å². The zero-order chi connectivity index (χ0) is 15.5. The Bertz CT molecular complexity index is 436. The van der Waals surface area contributed by atoms with Gasteiger partial charge in [-0.25, -0.2) is 0 Å². The molecule has 1 aliphatic rings. The van der Waals surface area contributed by atoms with Crippen LogP contribution in [0.25, 0.3) is 0 Å².